The van der Waals surface area contributed by atoms with Gasteiger partial charge in [0.2, 0.25) is 0 Å². The molecular weight excluding hydrogens is 360 g/mol. The Hall–Kier alpha value is -3.51. The van der Waals surface area contributed by atoms with Crippen LogP contribution in [0.1, 0.15) is 13.3 Å². The molecule has 0 aliphatic heterocycles. The molecule has 0 aromatic heterocycles. The zero-order chi connectivity index (χ0) is 20.5. The van der Waals surface area contributed by atoms with Gasteiger partial charge in [-0.1, -0.05) is 24.7 Å². The van der Waals surface area contributed by atoms with Crippen molar-refractivity contribution in [2.75, 3.05) is 39.6 Å². The van der Waals surface area contributed by atoms with Crippen LogP contribution in [-0.4, -0.2) is 58.1 Å². The molecule has 0 heterocycles. The van der Waals surface area contributed by atoms with Gasteiger partial charge in [0.05, 0.1) is 5.41 Å². The molecule has 0 atom stereocenters. The van der Waals surface area contributed by atoms with E-state index in [2.05, 4.69) is 32.0 Å². The lowest BCUT2D eigenvalue weighted by atomic mass is 9.88. The largest absolute Gasteiger partial charge is 0.509 e. The maximum Gasteiger partial charge on any atom is 0.509 e. The Bertz CT molecular complexity index is 535. The zero-order valence-electron chi connectivity index (χ0n) is 14.9. The molecule has 0 aliphatic carbocycles. The molecule has 0 aromatic carbocycles. The standard InChI is InChI=1S/C18H20O9/c1-5-9-22-15(19)25-12-18(8-4,13-26-16(20)23-10-6-2)14-27-17(21)24-11-7-3/h1-3H,8-14H2,4H3. The van der Waals surface area contributed by atoms with Crippen molar-refractivity contribution < 1.29 is 42.8 Å². The third-order valence-corrected chi connectivity index (χ3v) is 3.06. The van der Waals surface area contributed by atoms with E-state index in [0.717, 1.165) is 0 Å². The monoisotopic (exact) mass is 380 g/mol. The number of terminal acetylenes is 3. The molecule has 9 nitrogen and oxygen atoms in total. The van der Waals surface area contributed by atoms with Crippen molar-refractivity contribution in [1.82, 2.24) is 0 Å². The van der Waals surface area contributed by atoms with Crippen molar-refractivity contribution >= 4 is 18.5 Å². The lowest BCUT2D eigenvalue weighted by molar-refractivity contribution is -0.0522. The predicted molar refractivity (Wildman–Crippen MR) is 91.1 cm³/mol. The Morgan fingerprint density at radius 2 is 0.963 bits per heavy atom. The summed E-state index contributed by atoms with van der Waals surface area (Å²) in [4.78, 5) is 34.4. The first kappa shape index (κ1) is 23.5. The highest BCUT2D eigenvalue weighted by Crippen LogP contribution is 2.25. The van der Waals surface area contributed by atoms with Gasteiger partial charge in [-0.15, -0.1) is 19.3 Å². The predicted octanol–water partition coefficient (Wildman–Crippen LogP) is 1.74. The molecule has 0 aromatic rings. The molecule has 0 radical (unpaired) electrons. The normalized spacial score (nSPS) is 9.56. The molecule has 0 saturated heterocycles. The minimum absolute atomic E-state index is 0.276. The summed E-state index contributed by atoms with van der Waals surface area (Å²) in [5.41, 5.74) is -1.10. The number of carbonyl (C=O) groups excluding carboxylic acids is 3. The second-order valence-corrected chi connectivity index (χ2v) is 4.95. The molecule has 0 bridgehead atoms. The van der Waals surface area contributed by atoms with E-state index >= 15 is 0 Å². The first-order chi connectivity index (χ1) is 12.9. The van der Waals surface area contributed by atoms with E-state index in [1.54, 1.807) is 6.92 Å². The average Bonchev–Trinajstić information content (AvgIpc) is 2.68. The molecule has 0 rings (SSSR count). The van der Waals surface area contributed by atoms with E-state index in [0.29, 0.717) is 0 Å². The Balaban J connectivity index is 4.91. The lowest BCUT2D eigenvalue weighted by Gasteiger charge is -2.30. The van der Waals surface area contributed by atoms with Crippen LogP contribution in [0.2, 0.25) is 0 Å². The van der Waals surface area contributed by atoms with Gasteiger partial charge in [-0.25, -0.2) is 14.4 Å². The molecule has 0 saturated carbocycles. The van der Waals surface area contributed by atoms with Crippen molar-refractivity contribution in [3.63, 3.8) is 0 Å². The molecule has 146 valence electrons. The fourth-order valence-corrected chi connectivity index (χ4v) is 1.49. The van der Waals surface area contributed by atoms with Gasteiger partial charge in [0.15, 0.2) is 19.8 Å². The number of hydrogen-bond donors (Lipinski definition) is 0. The summed E-state index contributed by atoms with van der Waals surface area (Å²) in [5, 5.41) is 0. The van der Waals surface area contributed by atoms with Crippen LogP contribution in [0.25, 0.3) is 0 Å². The van der Waals surface area contributed by atoms with Gasteiger partial charge in [0, 0.05) is 0 Å². The minimum Gasteiger partial charge on any atom is -0.433 e. The molecule has 0 amide bonds. The topological polar surface area (TPSA) is 107 Å². The van der Waals surface area contributed by atoms with Gasteiger partial charge in [-0.3, -0.25) is 0 Å². The Labute approximate surface area is 157 Å². The van der Waals surface area contributed by atoms with Crippen LogP contribution < -0.4 is 0 Å². The third-order valence-electron chi connectivity index (χ3n) is 3.06. The van der Waals surface area contributed by atoms with E-state index in [1.165, 1.54) is 0 Å². The highest BCUT2D eigenvalue weighted by molar-refractivity contribution is 5.61. The minimum atomic E-state index is -1.10. The van der Waals surface area contributed by atoms with E-state index in [-0.39, 0.29) is 46.1 Å². The second kappa shape index (κ2) is 13.7. The third kappa shape index (κ3) is 10.9. The fraction of sp³-hybridized carbons (Fsp3) is 0.500. The molecule has 0 unspecified atom stereocenters. The molecule has 0 fully saturated rings. The Kier molecular flexibility index (Phi) is 12.0. The zero-order valence-corrected chi connectivity index (χ0v) is 14.9. The number of rotatable bonds is 10. The van der Waals surface area contributed by atoms with Crippen LogP contribution >= 0.6 is 0 Å². The number of carbonyl (C=O) groups is 3. The fourth-order valence-electron chi connectivity index (χ4n) is 1.49. The summed E-state index contributed by atoms with van der Waals surface area (Å²) in [7, 11) is 0. The van der Waals surface area contributed by atoms with Gasteiger partial charge in [-0.2, -0.15) is 0 Å². The Morgan fingerprint density at radius 1 is 0.667 bits per heavy atom. The van der Waals surface area contributed by atoms with E-state index < -0.39 is 23.9 Å². The van der Waals surface area contributed by atoms with E-state index in [4.69, 9.17) is 33.5 Å². The number of ether oxygens (including phenoxy) is 6. The summed E-state index contributed by atoms with van der Waals surface area (Å²) in [6.07, 6.45) is 12.1. The number of hydrogen-bond acceptors (Lipinski definition) is 9. The highest BCUT2D eigenvalue weighted by Gasteiger charge is 2.35. The summed E-state index contributed by atoms with van der Waals surface area (Å²) in [5.74, 6) is 6.31. The van der Waals surface area contributed by atoms with E-state index in [9.17, 15) is 14.4 Å². The first-order valence-corrected chi connectivity index (χ1v) is 7.62. The maximum atomic E-state index is 11.5. The molecule has 0 N–H and O–H groups in total. The van der Waals surface area contributed by atoms with Gasteiger partial charge < -0.3 is 28.4 Å². The van der Waals surface area contributed by atoms with Crippen LogP contribution in [0.5, 0.6) is 0 Å². The maximum absolute atomic E-state index is 11.5. The van der Waals surface area contributed by atoms with Crippen molar-refractivity contribution in [3.8, 4) is 37.0 Å². The molecule has 0 aliphatic rings. The van der Waals surface area contributed by atoms with E-state index in [1.807, 2.05) is 0 Å². The molecule has 27 heavy (non-hydrogen) atoms. The van der Waals surface area contributed by atoms with Crippen molar-refractivity contribution in [2.24, 2.45) is 5.41 Å². The molecule has 9 heteroatoms. The smallest absolute Gasteiger partial charge is 0.433 e. The van der Waals surface area contributed by atoms with Gasteiger partial charge in [-0.05, 0) is 6.42 Å². The van der Waals surface area contributed by atoms with Crippen molar-refractivity contribution in [3.05, 3.63) is 0 Å². The Morgan fingerprint density at radius 3 is 1.19 bits per heavy atom. The van der Waals surface area contributed by atoms with Crippen LogP contribution in [0, 0.1) is 42.4 Å². The van der Waals surface area contributed by atoms with Crippen molar-refractivity contribution in [2.45, 2.75) is 13.3 Å². The van der Waals surface area contributed by atoms with Gasteiger partial charge in [0.1, 0.15) is 19.8 Å². The second-order valence-electron chi connectivity index (χ2n) is 4.95. The molecule has 0 spiro atoms. The first-order valence-electron chi connectivity index (χ1n) is 7.62. The van der Waals surface area contributed by atoms with Crippen LogP contribution in [-0.2, 0) is 28.4 Å². The van der Waals surface area contributed by atoms with Crippen LogP contribution in [0.3, 0.4) is 0 Å². The lowest BCUT2D eigenvalue weighted by Crippen LogP contribution is -2.39. The average molecular weight is 380 g/mol. The SMILES string of the molecule is C#CCOC(=O)OCC(CC)(COC(=O)OCC#C)COC(=O)OCC#C. The summed E-state index contributed by atoms with van der Waals surface area (Å²) in [6.45, 7) is -0.0546. The molecular formula is C18H20O9. The van der Waals surface area contributed by atoms with Gasteiger partial charge in [0.25, 0.3) is 0 Å². The van der Waals surface area contributed by atoms with Crippen molar-refractivity contribution in [1.29, 1.82) is 0 Å². The van der Waals surface area contributed by atoms with Crippen LogP contribution in [0.15, 0.2) is 0 Å². The quantitative estimate of drug-likeness (QED) is 0.318. The summed E-state index contributed by atoms with van der Waals surface area (Å²) in [6, 6.07) is 0. The van der Waals surface area contributed by atoms with Crippen LogP contribution in [0.4, 0.5) is 14.4 Å². The summed E-state index contributed by atoms with van der Waals surface area (Å²) < 4.78 is 28.6. The summed E-state index contributed by atoms with van der Waals surface area (Å²) >= 11 is 0. The highest BCUT2D eigenvalue weighted by atomic mass is 16.7. The van der Waals surface area contributed by atoms with Gasteiger partial charge >= 0.3 is 18.5 Å².